The van der Waals surface area contributed by atoms with Gasteiger partial charge in [-0.2, -0.15) is 0 Å². The highest BCUT2D eigenvalue weighted by Gasteiger charge is 2.27. The molecule has 1 N–H and O–H groups in total. The van der Waals surface area contributed by atoms with Crippen LogP contribution in [-0.2, 0) is 0 Å². The molecule has 1 saturated carbocycles. The number of thiophene rings is 1. The summed E-state index contributed by atoms with van der Waals surface area (Å²) in [7, 11) is 0. The molecule has 14 heavy (non-hydrogen) atoms. The third kappa shape index (κ3) is 2.20. The maximum Gasteiger partial charge on any atom is 0.0388 e. The van der Waals surface area contributed by atoms with Crippen LogP contribution in [0.1, 0.15) is 37.6 Å². The van der Waals surface area contributed by atoms with Crippen molar-refractivity contribution in [2.75, 3.05) is 0 Å². The second-order valence-electron chi connectivity index (χ2n) is 4.22. The highest BCUT2D eigenvalue weighted by Crippen LogP contribution is 2.31. The molecule has 1 fully saturated rings. The van der Waals surface area contributed by atoms with Gasteiger partial charge in [-0.1, -0.05) is 6.92 Å². The summed E-state index contributed by atoms with van der Waals surface area (Å²) in [5.41, 5.74) is 0. The highest BCUT2D eigenvalue weighted by atomic mass is 79.9. The first-order valence-electron chi connectivity index (χ1n) is 5.17. The minimum Gasteiger partial charge on any atom is -0.306 e. The zero-order valence-electron chi connectivity index (χ0n) is 8.59. The Bertz CT molecular complexity index is 310. The molecule has 1 aliphatic rings. The molecule has 1 heterocycles. The van der Waals surface area contributed by atoms with Crippen LogP contribution >= 0.6 is 27.3 Å². The summed E-state index contributed by atoms with van der Waals surface area (Å²) in [5, 5.41) is 5.84. The van der Waals surface area contributed by atoms with Crippen molar-refractivity contribution in [3.05, 3.63) is 20.8 Å². The summed E-state index contributed by atoms with van der Waals surface area (Å²) < 4.78 is 1.20. The Morgan fingerprint density at radius 2 is 2.36 bits per heavy atom. The van der Waals surface area contributed by atoms with E-state index in [0.29, 0.717) is 6.04 Å². The molecule has 0 amide bonds. The first-order chi connectivity index (χ1) is 6.66. The van der Waals surface area contributed by atoms with Gasteiger partial charge in [-0.3, -0.25) is 0 Å². The fourth-order valence-electron chi connectivity index (χ4n) is 1.87. The van der Waals surface area contributed by atoms with Gasteiger partial charge in [0.25, 0.3) is 0 Å². The number of hydrogen-bond acceptors (Lipinski definition) is 2. The Morgan fingerprint density at radius 1 is 1.57 bits per heavy atom. The van der Waals surface area contributed by atoms with Gasteiger partial charge < -0.3 is 5.32 Å². The van der Waals surface area contributed by atoms with Crippen LogP contribution in [0.5, 0.6) is 0 Å². The molecule has 3 atom stereocenters. The van der Waals surface area contributed by atoms with Gasteiger partial charge in [-0.05, 0) is 47.7 Å². The van der Waals surface area contributed by atoms with Crippen LogP contribution in [0, 0.1) is 5.92 Å². The second kappa shape index (κ2) is 4.33. The first-order valence-corrected chi connectivity index (χ1v) is 6.84. The van der Waals surface area contributed by atoms with Gasteiger partial charge in [0.05, 0.1) is 0 Å². The summed E-state index contributed by atoms with van der Waals surface area (Å²) in [4.78, 5) is 1.43. The lowest BCUT2D eigenvalue weighted by atomic mass is 9.81. The van der Waals surface area contributed by atoms with E-state index in [9.17, 15) is 0 Å². The van der Waals surface area contributed by atoms with Gasteiger partial charge in [0.2, 0.25) is 0 Å². The lowest BCUT2D eigenvalue weighted by Crippen LogP contribution is -2.43. The van der Waals surface area contributed by atoms with Crippen molar-refractivity contribution in [2.24, 2.45) is 5.92 Å². The second-order valence-corrected chi connectivity index (χ2v) is 6.08. The molecule has 0 bridgehead atoms. The van der Waals surface area contributed by atoms with Crippen molar-refractivity contribution in [3.63, 3.8) is 0 Å². The van der Waals surface area contributed by atoms with E-state index in [1.807, 2.05) is 11.3 Å². The van der Waals surface area contributed by atoms with Crippen molar-refractivity contribution in [1.82, 2.24) is 5.32 Å². The monoisotopic (exact) mass is 273 g/mol. The summed E-state index contributed by atoms with van der Waals surface area (Å²) >= 11 is 5.32. The third-order valence-electron chi connectivity index (χ3n) is 3.10. The fraction of sp³-hybridized carbons (Fsp3) is 0.636. The van der Waals surface area contributed by atoms with Crippen LogP contribution in [0.3, 0.4) is 0 Å². The Balaban J connectivity index is 1.92. The standard InChI is InChI=1S/C11H16BrNS/c1-7-3-4-10(7)13-8(2)11-5-9(12)6-14-11/h5-8,10,13H,3-4H2,1-2H3. The smallest absolute Gasteiger partial charge is 0.0388 e. The van der Waals surface area contributed by atoms with Crippen LogP contribution in [0.15, 0.2) is 15.9 Å². The van der Waals surface area contributed by atoms with E-state index in [1.54, 1.807) is 0 Å². The van der Waals surface area contributed by atoms with Gasteiger partial charge >= 0.3 is 0 Å². The molecule has 0 radical (unpaired) electrons. The molecule has 0 saturated heterocycles. The predicted octanol–water partition coefficient (Wildman–Crippen LogP) is 3.96. The van der Waals surface area contributed by atoms with Gasteiger partial charge in [0, 0.05) is 26.8 Å². The lowest BCUT2D eigenvalue weighted by Gasteiger charge is -2.36. The molecule has 0 spiro atoms. The van der Waals surface area contributed by atoms with Crippen molar-refractivity contribution < 1.29 is 0 Å². The summed E-state index contributed by atoms with van der Waals surface area (Å²) in [6.45, 7) is 4.58. The number of rotatable bonds is 3. The molecule has 78 valence electrons. The molecule has 2 rings (SSSR count). The van der Waals surface area contributed by atoms with Gasteiger partial charge in [-0.15, -0.1) is 11.3 Å². The van der Waals surface area contributed by atoms with E-state index >= 15 is 0 Å². The Hall–Kier alpha value is 0.140. The van der Waals surface area contributed by atoms with Gasteiger partial charge in [-0.25, -0.2) is 0 Å². The van der Waals surface area contributed by atoms with Crippen molar-refractivity contribution in [3.8, 4) is 0 Å². The fourth-order valence-corrected chi connectivity index (χ4v) is 3.34. The van der Waals surface area contributed by atoms with Crippen LogP contribution in [0.2, 0.25) is 0 Å². The van der Waals surface area contributed by atoms with Gasteiger partial charge in [0.1, 0.15) is 0 Å². The topological polar surface area (TPSA) is 12.0 Å². The lowest BCUT2D eigenvalue weighted by molar-refractivity contribution is 0.214. The van der Waals surface area contributed by atoms with E-state index < -0.39 is 0 Å². The van der Waals surface area contributed by atoms with Gasteiger partial charge in [0.15, 0.2) is 0 Å². The summed E-state index contributed by atoms with van der Waals surface area (Å²) in [6.07, 6.45) is 2.73. The number of halogens is 1. The molecule has 0 aromatic carbocycles. The zero-order chi connectivity index (χ0) is 10.1. The minimum absolute atomic E-state index is 0.499. The Morgan fingerprint density at radius 3 is 2.79 bits per heavy atom. The van der Waals surface area contributed by atoms with E-state index in [2.05, 4.69) is 46.5 Å². The van der Waals surface area contributed by atoms with Crippen molar-refractivity contribution >= 4 is 27.3 Å². The molecule has 3 unspecified atom stereocenters. The third-order valence-corrected chi connectivity index (χ3v) is 4.97. The van der Waals surface area contributed by atoms with E-state index in [0.717, 1.165) is 12.0 Å². The molecule has 0 aliphatic heterocycles. The van der Waals surface area contributed by atoms with E-state index in [1.165, 1.54) is 22.2 Å². The van der Waals surface area contributed by atoms with Crippen LogP contribution in [-0.4, -0.2) is 6.04 Å². The van der Waals surface area contributed by atoms with Crippen LogP contribution in [0.4, 0.5) is 0 Å². The SMILES string of the molecule is CC(NC1CCC1C)c1cc(Br)cs1. The largest absolute Gasteiger partial charge is 0.306 e. The summed E-state index contributed by atoms with van der Waals surface area (Å²) in [5.74, 6) is 0.862. The maximum absolute atomic E-state index is 3.69. The summed E-state index contributed by atoms with van der Waals surface area (Å²) in [6, 6.07) is 3.45. The zero-order valence-corrected chi connectivity index (χ0v) is 11.0. The Kier molecular flexibility index (Phi) is 3.30. The number of hydrogen-bond donors (Lipinski definition) is 1. The predicted molar refractivity (Wildman–Crippen MR) is 65.8 cm³/mol. The van der Waals surface area contributed by atoms with Crippen LogP contribution in [0.25, 0.3) is 0 Å². The molecule has 3 heteroatoms. The molecule has 1 aliphatic carbocycles. The molecular formula is C11H16BrNS. The average Bonchev–Trinajstić information content (AvgIpc) is 2.58. The Labute approximate surface area is 98.0 Å². The van der Waals surface area contributed by atoms with Crippen molar-refractivity contribution in [2.45, 2.75) is 38.8 Å². The molecule has 1 aromatic heterocycles. The number of nitrogens with one attached hydrogen (secondary N) is 1. The van der Waals surface area contributed by atoms with Crippen LogP contribution < -0.4 is 5.32 Å². The molecule has 1 aromatic rings. The normalized spacial score (nSPS) is 28.5. The average molecular weight is 274 g/mol. The molecular weight excluding hydrogens is 258 g/mol. The quantitative estimate of drug-likeness (QED) is 0.879. The first kappa shape index (κ1) is 10.7. The van der Waals surface area contributed by atoms with Crippen molar-refractivity contribution in [1.29, 1.82) is 0 Å². The van der Waals surface area contributed by atoms with E-state index in [-0.39, 0.29) is 0 Å². The highest BCUT2D eigenvalue weighted by molar-refractivity contribution is 9.10. The maximum atomic E-state index is 3.69. The minimum atomic E-state index is 0.499. The van der Waals surface area contributed by atoms with E-state index in [4.69, 9.17) is 0 Å². The molecule has 1 nitrogen and oxygen atoms in total.